The molecule has 0 aliphatic heterocycles. The van der Waals surface area contributed by atoms with Gasteiger partial charge in [0, 0.05) is 24.5 Å². The molecule has 0 spiro atoms. The van der Waals surface area contributed by atoms with E-state index in [1.807, 2.05) is 0 Å². The van der Waals surface area contributed by atoms with E-state index in [9.17, 15) is 5.11 Å². The van der Waals surface area contributed by atoms with E-state index in [0.717, 1.165) is 25.8 Å². The second-order valence-corrected chi connectivity index (χ2v) is 4.24. The minimum atomic E-state index is -0.207. The van der Waals surface area contributed by atoms with Crippen LogP contribution < -0.4 is 0 Å². The first-order valence-corrected chi connectivity index (χ1v) is 5.68. The number of nitrogens with zero attached hydrogens (tertiary/aromatic N) is 1. The molecule has 1 heterocycles. The van der Waals surface area contributed by atoms with Gasteiger partial charge < -0.3 is 9.67 Å². The third kappa shape index (κ3) is 1.85. The molecule has 1 aromatic rings. The van der Waals surface area contributed by atoms with Gasteiger partial charge in [-0.2, -0.15) is 0 Å². The van der Waals surface area contributed by atoms with E-state index in [-0.39, 0.29) is 6.10 Å². The molecule has 2 heteroatoms. The van der Waals surface area contributed by atoms with Crippen LogP contribution in [0.4, 0.5) is 0 Å². The smallest absolute Gasteiger partial charge is 0.0807 e. The van der Waals surface area contributed by atoms with Gasteiger partial charge in [-0.25, -0.2) is 0 Å². The minimum Gasteiger partial charge on any atom is -0.388 e. The van der Waals surface area contributed by atoms with Crippen molar-refractivity contribution in [2.24, 2.45) is 0 Å². The lowest BCUT2D eigenvalue weighted by molar-refractivity contribution is 0.157. The molecule has 1 aliphatic rings. The molecule has 1 aliphatic carbocycles. The highest BCUT2D eigenvalue weighted by Gasteiger charge is 2.19. The standard InChI is InChI=1S/C12H19NO/c1-2-3-7-13-8-10-5-4-6-12(14)11(10)9-13/h8-9,12,14H,2-7H2,1H3. The highest BCUT2D eigenvalue weighted by molar-refractivity contribution is 5.28. The van der Waals surface area contributed by atoms with Crippen LogP contribution >= 0.6 is 0 Å². The molecule has 0 amide bonds. The van der Waals surface area contributed by atoms with Crippen LogP contribution in [0.5, 0.6) is 0 Å². The Balaban J connectivity index is 2.13. The van der Waals surface area contributed by atoms with Crippen molar-refractivity contribution in [2.45, 2.75) is 51.7 Å². The summed E-state index contributed by atoms with van der Waals surface area (Å²) < 4.78 is 2.24. The molecular formula is C12H19NO. The van der Waals surface area contributed by atoms with Crippen molar-refractivity contribution in [3.63, 3.8) is 0 Å². The van der Waals surface area contributed by atoms with Crippen LogP contribution in [-0.2, 0) is 13.0 Å². The van der Waals surface area contributed by atoms with E-state index in [4.69, 9.17) is 0 Å². The number of aliphatic hydroxyl groups is 1. The Morgan fingerprint density at radius 1 is 1.50 bits per heavy atom. The van der Waals surface area contributed by atoms with E-state index in [1.165, 1.54) is 24.0 Å². The van der Waals surface area contributed by atoms with Crippen molar-refractivity contribution >= 4 is 0 Å². The van der Waals surface area contributed by atoms with E-state index >= 15 is 0 Å². The SMILES string of the molecule is CCCCn1cc2c(c1)C(O)CCC2. The van der Waals surface area contributed by atoms with Gasteiger partial charge in [-0.05, 0) is 31.2 Å². The predicted octanol–water partition coefficient (Wildman–Crippen LogP) is 2.66. The van der Waals surface area contributed by atoms with Crippen LogP contribution in [0.1, 0.15) is 49.8 Å². The highest BCUT2D eigenvalue weighted by atomic mass is 16.3. The molecule has 0 aromatic carbocycles. The van der Waals surface area contributed by atoms with Crippen LogP contribution in [0.2, 0.25) is 0 Å². The Kier molecular flexibility index (Phi) is 2.92. The fourth-order valence-corrected chi connectivity index (χ4v) is 2.19. The monoisotopic (exact) mass is 193 g/mol. The molecule has 1 N–H and O–H groups in total. The summed E-state index contributed by atoms with van der Waals surface area (Å²) in [4.78, 5) is 0. The average molecular weight is 193 g/mol. The zero-order valence-electron chi connectivity index (χ0n) is 8.87. The third-order valence-electron chi connectivity index (χ3n) is 3.05. The predicted molar refractivity (Wildman–Crippen MR) is 57.2 cm³/mol. The summed E-state index contributed by atoms with van der Waals surface area (Å²) in [5.41, 5.74) is 2.53. The first-order chi connectivity index (χ1) is 6.81. The van der Waals surface area contributed by atoms with Crippen LogP contribution in [0.15, 0.2) is 12.4 Å². The van der Waals surface area contributed by atoms with Gasteiger partial charge >= 0.3 is 0 Å². The summed E-state index contributed by atoms with van der Waals surface area (Å²) in [5.74, 6) is 0. The van der Waals surface area contributed by atoms with Gasteiger partial charge in [0.2, 0.25) is 0 Å². The van der Waals surface area contributed by atoms with Crippen molar-refractivity contribution in [3.05, 3.63) is 23.5 Å². The number of aromatic nitrogens is 1. The maximum Gasteiger partial charge on any atom is 0.0807 e. The fraction of sp³-hybridized carbons (Fsp3) is 0.667. The van der Waals surface area contributed by atoms with Crippen molar-refractivity contribution in [2.75, 3.05) is 0 Å². The maximum atomic E-state index is 9.79. The number of hydrogen-bond acceptors (Lipinski definition) is 1. The Labute approximate surface area is 85.6 Å². The molecule has 2 rings (SSSR count). The molecule has 0 fully saturated rings. The summed E-state index contributed by atoms with van der Waals surface area (Å²) in [7, 11) is 0. The van der Waals surface area contributed by atoms with Gasteiger partial charge in [-0.15, -0.1) is 0 Å². The Bertz CT molecular complexity index is 303. The number of fused-ring (bicyclic) bond motifs is 1. The molecule has 2 nitrogen and oxygen atoms in total. The normalized spacial score (nSPS) is 20.9. The van der Waals surface area contributed by atoms with Crippen LogP contribution in [-0.4, -0.2) is 9.67 Å². The van der Waals surface area contributed by atoms with E-state index in [0.29, 0.717) is 0 Å². The van der Waals surface area contributed by atoms with Crippen molar-refractivity contribution in [1.29, 1.82) is 0 Å². The van der Waals surface area contributed by atoms with Gasteiger partial charge in [0.15, 0.2) is 0 Å². The van der Waals surface area contributed by atoms with Gasteiger partial charge in [-0.1, -0.05) is 13.3 Å². The van der Waals surface area contributed by atoms with E-state index in [1.54, 1.807) is 0 Å². The Hall–Kier alpha value is -0.760. The van der Waals surface area contributed by atoms with Crippen molar-refractivity contribution in [1.82, 2.24) is 4.57 Å². The lowest BCUT2D eigenvalue weighted by Crippen LogP contribution is -2.05. The summed E-state index contributed by atoms with van der Waals surface area (Å²) in [6.07, 6.45) is 9.81. The summed E-state index contributed by atoms with van der Waals surface area (Å²) in [6, 6.07) is 0. The van der Waals surface area contributed by atoms with Crippen LogP contribution in [0.3, 0.4) is 0 Å². The molecule has 0 saturated heterocycles. The molecule has 1 aromatic heterocycles. The zero-order chi connectivity index (χ0) is 9.97. The first-order valence-electron chi connectivity index (χ1n) is 5.68. The molecule has 14 heavy (non-hydrogen) atoms. The van der Waals surface area contributed by atoms with Crippen molar-refractivity contribution < 1.29 is 5.11 Å². The molecule has 1 atom stereocenters. The topological polar surface area (TPSA) is 25.2 Å². The molecule has 0 bridgehead atoms. The second kappa shape index (κ2) is 4.18. The van der Waals surface area contributed by atoms with Gasteiger partial charge in [0.25, 0.3) is 0 Å². The molecule has 0 radical (unpaired) electrons. The average Bonchev–Trinajstić information content (AvgIpc) is 2.59. The van der Waals surface area contributed by atoms with E-state index in [2.05, 4.69) is 23.9 Å². The zero-order valence-corrected chi connectivity index (χ0v) is 8.87. The quantitative estimate of drug-likeness (QED) is 0.784. The number of aryl methyl sites for hydroxylation is 2. The maximum absolute atomic E-state index is 9.79. The molecule has 0 saturated carbocycles. The Morgan fingerprint density at radius 2 is 2.36 bits per heavy atom. The summed E-state index contributed by atoms with van der Waals surface area (Å²) >= 11 is 0. The third-order valence-corrected chi connectivity index (χ3v) is 3.05. The van der Waals surface area contributed by atoms with Gasteiger partial charge in [0.05, 0.1) is 6.10 Å². The lowest BCUT2D eigenvalue weighted by atomic mass is 9.93. The van der Waals surface area contributed by atoms with Crippen molar-refractivity contribution in [3.8, 4) is 0 Å². The van der Waals surface area contributed by atoms with Crippen LogP contribution in [0.25, 0.3) is 0 Å². The molecule has 78 valence electrons. The number of unbranched alkanes of at least 4 members (excludes halogenated alkanes) is 1. The minimum absolute atomic E-state index is 0.207. The largest absolute Gasteiger partial charge is 0.388 e. The fourth-order valence-electron chi connectivity index (χ4n) is 2.19. The lowest BCUT2D eigenvalue weighted by Gasteiger charge is -2.16. The van der Waals surface area contributed by atoms with Crippen LogP contribution in [0, 0.1) is 0 Å². The summed E-state index contributed by atoms with van der Waals surface area (Å²) in [5, 5.41) is 9.79. The highest BCUT2D eigenvalue weighted by Crippen LogP contribution is 2.30. The number of hydrogen-bond donors (Lipinski definition) is 1. The molecule has 1 unspecified atom stereocenters. The molecular weight excluding hydrogens is 174 g/mol. The van der Waals surface area contributed by atoms with Gasteiger partial charge in [0.1, 0.15) is 0 Å². The van der Waals surface area contributed by atoms with Gasteiger partial charge in [-0.3, -0.25) is 0 Å². The first kappa shape index (κ1) is 9.78. The van der Waals surface area contributed by atoms with E-state index < -0.39 is 0 Å². The Morgan fingerprint density at radius 3 is 3.07 bits per heavy atom. The second-order valence-electron chi connectivity index (χ2n) is 4.24. The number of aliphatic hydroxyl groups excluding tert-OH is 1. The number of rotatable bonds is 3. The summed E-state index contributed by atoms with van der Waals surface area (Å²) in [6.45, 7) is 3.30.